The molecule has 1 saturated heterocycles. The highest BCUT2D eigenvalue weighted by Gasteiger charge is 2.49. The van der Waals surface area contributed by atoms with Gasteiger partial charge < -0.3 is 4.74 Å². The first kappa shape index (κ1) is 19.5. The van der Waals surface area contributed by atoms with Crippen molar-refractivity contribution in [2.24, 2.45) is 5.92 Å². The molecule has 0 spiro atoms. The van der Waals surface area contributed by atoms with Crippen LogP contribution >= 0.6 is 0 Å². The van der Waals surface area contributed by atoms with E-state index in [2.05, 4.69) is 26.0 Å². The number of methoxy groups -OCH3 is 1. The van der Waals surface area contributed by atoms with Crippen LogP contribution in [0.5, 0.6) is 5.75 Å². The fraction of sp³-hybridized carbons (Fsp3) is 0.478. The van der Waals surface area contributed by atoms with Crippen LogP contribution < -0.4 is 4.74 Å². The molecule has 150 valence electrons. The van der Waals surface area contributed by atoms with Crippen molar-refractivity contribution in [1.82, 2.24) is 4.31 Å². The Balaban J connectivity index is 1.76. The molecule has 28 heavy (non-hydrogen) atoms. The Hall–Kier alpha value is -1.85. The average molecular weight is 400 g/mol. The summed E-state index contributed by atoms with van der Waals surface area (Å²) in [5, 5.41) is 0. The van der Waals surface area contributed by atoms with Crippen LogP contribution in [0.4, 0.5) is 0 Å². The number of hydrogen-bond donors (Lipinski definition) is 0. The number of piperidine rings is 1. The second kappa shape index (κ2) is 6.89. The van der Waals surface area contributed by atoms with E-state index < -0.39 is 10.0 Å². The highest BCUT2D eigenvalue weighted by Crippen LogP contribution is 2.48. The van der Waals surface area contributed by atoms with Crippen LogP contribution in [-0.4, -0.2) is 32.4 Å². The lowest BCUT2D eigenvalue weighted by atomic mass is 9.61. The van der Waals surface area contributed by atoms with E-state index in [1.807, 2.05) is 25.1 Å². The van der Waals surface area contributed by atoms with Gasteiger partial charge in [-0.1, -0.05) is 37.6 Å². The van der Waals surface area contributed by atoms with Gasteiger partial charge in [-0.2, -0.15) is 4.31 Å². The summed E-state index contributed by atoms with van der Waals surface area (Å²) in [6, 6.07) is 13.5. The molecule has 2 aliphatic rings. The first-order chi connectivity index (χ1) is 13.2. The van der Waals surface area contributed by atoms with E-state index >= 15 is 0 Å². The third-order valence-corrected chi connectivity index (χ3v) is 8.66. The minimum absolute atomic E-state index is 0.00375. The van der Waals surface area contributed by atoms with Gasteiger partial charge in [-0.15, -0.1) is 0 Å². The van der Waals surface area contributed by atoms with Gasteiger partial charge >= 0.3 is 0 Å². The van der Waals surface area contributed by atoms with E-state index in [1.165, 1.54) is 11.1 Å². The van der Waals surface area contributed by atoms with Gasteiger partial charge in [0.15, 0.2) is 0 Å². The van der Waals surface area contributed by atoms with E-state index in [1.54, 1.807) is 23.5 Å². The number of benzene rings is 2. The zero-order valence-electron chi connectivity index (χ0n) is 17.1. The van der Waals surface area contributed by atoms with Crippen molar-refractivity contribution < 1.29 is 13.2 Å². The van der Waals surface area contributed by atoms with Crippen molar-refractivity contribution in [1.29, 1.82) is 0 Å². The van der Waals surface area contributed by atoms with Crippen molar-refractivity contribution in [3.63, 3.8) is 0 Å². The number of rotatable bonds is 3. The SMILES string of the molecule is COc1ccc2c(c1)C(C)(C)C1CCCN(S(=O)(=O)c3ccc(C)cc3)C1C2. The van der Waals surface area contributed by atoms with E-state index in [4.69, 9.17) is 4.74 Å². The summed E-state index contributed by atoms with van der Waals surface area (Å²) in [7, 11) is -1.81. The fourth-order valence-electron chi connectivity index (χ4n) is 5.14. The molecule has 0 aromatic heterocycles. The third-order valence-electron chi connectivity index (χ3n) is 6.72. The van der Waals surface area contributed by atoms with E-state index in [9.17, 15) is 8.42 Å². The number of sulfonamides is 1. The lowest BCUT2D eigenvalue weighted by molar-refractivity contribution is 0.102. The van der Waals surface area contributed by atoms with E-state index in [0.29, 0.717) is 17.4 Å². The maximum atomic E-state index is 13.5. The van der Waals surface area contributed by atoms with Crippen LogP contribution in [-0.2, 0) is 21.9 Å². The molecule has 1 fully saturated rings. The zero-order valence-corrected chi connectivity index (χ0v) is 17.9. The molecule has 1 aliphatic carbocycles. The Morgan fingerprint density at radius 2 is 1.82 bits per heavy atom. The highest BCUT2D eigenvalue weighted by molar-refractivity contribution is 7.89. The van der Waals surface area contributed by atoms with Gasteiger partial charge in [0.05, 0.1) is 12.0 Å². The van der Waals surface area contributed by atoms with Gasteiger partial charge in [0.2, 0.25) is 10.0 Å². The molecule has 2 aromatic rings. The number of fused-ring (bicyclic) bond motifs is 2. The summed E-state index contributed by atoms with van der Waals surface area (Å²) in [5.41, 5.74) is 3.49. The molecule has 4 nitrogen and oxygen atoms in total. The average Bonchev–Trinajstić information content (AvgIpc) is 2.68. The predicted molar refractivity (Wildman–Crippen MR) is 111 cm³/mol. The summed E-state index contributed by atoms with van der Waals surface area (Å²) in [6.45, 7) is 7.08. The van der Waals surface area contributed by atoms with Gasteiger partial charge in [0.25, 0.3) is 0 Å². The Morgan fingerprint density at radius 3 is 2.50 bits per heavy atom. The molecule has 2 atom stereocenters. The fourth-order valence-corrected chi connectivity index (χ4v) is 6.84. The van der Waals surface area contributed by atoms with Gasteiger partial charge in [-0.05, 0) is 72.9 Å². The number of hydrogen-bond acceptors (Lipinski definition) is 3. The van der Waals surface area contributed by atoms with Crippen LogP contribution in [0.2, 0.25) is 0 Å². The minimum atomic E-state index is -3.51. The third kappa shape index (κ3) is 3.05. The number of aryl methyl sites for hydroxylation is 1. The second-order valence-corrected chi connectivity index (χ2v) is 10.6. The number of ether oxygens (including phenoxy) is 1. The molecule has 2 aromatic carbocycles. The molecule has 1 heterocycles. The lowest BCUT2D eigenvalue weighted by Crippen LogP contribution is -2.56. The molecular weight excluding hydrogens is 370 g/mol. The molecular formula is C23H29NO3S. The van der Waals surface area contributed by atoms with Crippen molar-refractivity contribution >= 4 is 10.0 Å². The van der Waals surface area contributed by atoms with E-state index in [-0.39, 0.29) is 11.5 Å². The van der Waals surface area contributed by atoms with Crippen LogP contribution in [0, 0.1) is 12.8 Å². The monoisotopic (exact) mass is 399 g/mol. The number of nitrogens with zero attached hydrogens (tertiary/aromatic N) is 1. The second-order valence-electron chi connectivity index (χ2n) is 8.69. The van der Waals surface area contributed by atoms with Crippen molar-refractivity contribution in [3.8, 4) is 5.75 Å². The smallest absolute Gasteiger partial charge is 0.243 e. The Kier molecular flexibility index (Phi) is 4.79. The summed E-state index contributed by atoms with van der Waals surface area (Å²) in [6.07, 6.45) is 2.71. The first-order valence-electron chi connectivity index (χ1n) is 10.0. The maximum absolute atomic E-state index is 13.5. The molecule has 1 aliphatic heterocycles. The predicted octanol–water partition coefficient (Wildman–Crippen LogP) is 4.31. The van der Waals surface area contributed by atoms with Crippen LogP contribution in [0.15, 0.2) is 47.4 Å². The normalized spacial score (nSPS) is 24.3. The molecule has 0 amide bonds. The zero-order chi connectivity index (χ0) is 20.1. The Morgan fingerprint density at radius 1 is 1.11 bits per heavy atom. The lowest BCUT2D eigenvalue weighted by Gasteiger charge is -2.51. The van der Waals surface area contributed by atoms with Crippen LogP contribution in [0.3, 0.4) is 0 Å². The van der Waals surface area contributed by atoms with Gasteiger partial charge in [0.1, 0.15) is 5.75 Å². The molecule has 5 heteroatoms. The molecule has 2 unspecified atom stereocenters. The topological polar surface area (TPSA) is 46.6 Å². The summed E-state index contributed by atoms with van der Waals surface area (Å²) >= 11 is 0. The Labute approximate surface area is 168 Å². The molecule has 0 bridgehead atoms. The summed E-state index contributed by atoms with van der Waals surface area (Å²) < 4.78 is 34.2. The van der Waals surface area contributed by atoms with Gasteiger partial charge in [-0.3, -0.25) is 0 Å². The van der Waals surface area contributed by atoms with E-state index in [0.717, 1.165) is 30.6 Å². The first-order valence-corrected chi connectivity index (χ1v) is 11.4. The van der Waals surface area contributed by atoms with Gasteiger partial charge in [0, 0.05) is 12.6 Å². The highest BCUT2D eigenvalue weighted by atomic mass is 32.2. The van der Waals surface area contributed by atoms with Crippen molar-refractivity contribution in [2.75, 3.05) is 13.7 Å². The quantitative estimate of drug-likeness (QED) is 0.773. The summed E-state index contributed by atoms with van der Waals surface area (Å²) in [5.74, 6) is 1.16. The standard InChI is InChI=1S/C23H29NO3S/c1-16-7-11-19(12-8-16)28(25,26)24-13-5-6-20-22(24)14-17-9-10-18(27-4)15-21(17)23(20,2)3/h7-12,15,20,22H,5-6,13-14H2,1-4H3. The van der Waals surface area contributed by atoms with Crippen LogP contribution in [0.1, 0.15) is 43.4 Å². The largest absolute Gasteiger partial charge is 0.497 e. The van der Waals surface area contributed by atoms with Crippen LogP contribution in [0.25, 0.3) is 0 Å². The molecule has 0 N–H and O–H groups in total. The maximum Gasteiger partial charge on any atom is 0.243 e. The molecule has 0 radical (unpaired) electrons. The molecule has 0 saturated carbocycles. The summed E-state index contributed by atoms with van der Waals surface area (Å²) in [4.78, 5) is 0.400. The molecule has 4 rings (SSSR count). The van der Waals surface area contributed by atoms with Gasteiger partial charge in [-0.25, -0.2) is 8.42 Å². The Bertz CT molecular complexity index is 979. The van der Waals surface area contributed by atoms with Crippen molar-refractivity contribution in [3.05, 3.63) is 59.2 Å². The van der Waals surface area contributed by atoms with Crippen molar-refractivity contribution in [2.45, 2.75) is 56.4 Å². The minimum Gasteiger partial charge on any atom is -0.497 e.